The smallest absolute Gasteiger partial charge is 0.248 e. The minimum atomic E-state index is -0.408. The summed E-state index contributed by atoms with van der Waals surface area (Å²) < 4.78 is 0. The molecule has 4 nitrogen and oxygen atoms in total. The zero-order chi connectivity index (χ0) is 13.7. The van der Waals surface area contributed by atoms with Gasteiger partial charge in [-0.3, -0.25) is 4.79 Å². The Balaban J connectivity index is 2.01. The van der Waals surface area contributed by atoms with Crippen molar-refractivity contribution in [1.82, 2.24) is 0 Å². The van der Waals surface area contributed by atoms with Crippen LogP contribution in [0.2, 0.25) is 0 Å². The van der Waals surface area contributed by atoms with E-state index in [4.69, 9.17) is 11.5 Å². The van der Waals surface area contributed by atoms with Crippen molar-refractivity contribution in [2.75, 3.05) is 5.32 Å². The molecule has 2 rings (SSSR count). The molecule has 0 bridgehead atoms. The van der Waals surface area contributed by atoms with Crippen LogP contribution in [0.5, 0.6) is 0 Å². The van der Waals surface area contributed by atoms with E-state index in [1.165, 1.54) is 0 Å². The van der Waals surface area contributed by atoms with Crippen molar-refractivity contribution in [2.45, 2.75) is 13.1 Å². The van der Waals surface area contributed by atoms with E-state index in [0.29, 0.717) is 18.7 Å². The normalized spacial score (nSPS) is 10.2. The van der Waals surface area contributed by atoms with Gasteiger partial charge in [-0.25, -0.2) is 0 Å². The number of rotatable bonds is 5. The summed E-state index contributed by atoms with van der Waals surface area (Å²) in [6, 6.07) is 15.2. The summed E-state index contributed by atoms with van der Waals surface area (Å²) in [6.45, 7) is 1.18. The highest BCUT2D eigenvalue weighted by Gasteiger charge is 2.01. The van der Waals surface area contributed by atoms with Crippen LogP contribution in [-0.4, -0.2) is 5.91 Å². The van der Waals surface area contributed by atoms with E-state index in [1.807, 2.05) is 36.4 Å². The molecule has 4 heteroatoms. The van der Waals surface area contributed by atoms with Crippen LogP contribution in [0.3, 0.4) is 0 Å². The predicted molar refractivity (Wildman–Crippen MR) is 76.6 cm³/mol. The molecule has 2 aromatic rings. The maximum absolute atomic E-state index is 11.1. The minimum Gasteiger partial charge on any atom is -0.381 e. The molecule has 0 aliphatic carbocycles. The predicted octanol–water partition coefficient (Wildman–Crippen LogP) is 1.86. The summed E-state index contributed by atoms with van der Waals surface area (Å²) in [5, 5.41) is 3.29. The lowest BCUT2D eigenvalue weighted by Crippen LogP contribution is -2.11. The van der Waals surface area contributed by atoms with E-state index >= 15 is 0 Å². The Kier molecular flexibility index (Phi) is 4.15. The first-order chi connectivity index (χ1) is 9.19. The first-order valence-electron chi connectivity index (χ1n) is 6.10. The number of benzene rings is 2. The van der Waals surface area contributed by atoms with E-state index in [9.17, 15) is 4.79 Å². The lowest BCUT2D eigenvalue weighted by Gasteiger charge is -2.08. The first-order valence-corrected chi connectivity index (χ1v) is 6.10. The highest BCUT2D eigenvalue weighted by Crippen LogP contribution is 2.12. The summed E-state index contributed by atoms with van der Waals surface area (Å²) in [7, 11) is 0. The molecule has 1 amide bonds. The van der Waals surface area contributed by atoms with E-state index < -0.39 is 5.91 Å². The molecule has 0 unspecified atom stereocenters. The third-order valence-corrected chi connectivity index (χ3v) is 2.90. The average molecular weight is 255 g/mol. The van der Waals surface area contributed by atoms with Gasteiger partial charge in [-0.15, -0.1) is 0 Å². The molecule has 0 saturated heterocycles. The molecule has 0 fully saturated rings. The Hall–Kier alpha value is -2.33. The number of nitrogens with one attached hydrogen (secondary N) is 1. The van der Waals surface area contributed by atoms with Gasteiger partial charge in [-0.1, -0.05) is 24.3 Å². The fourth-order valence-corrected chi connectivity index (χ4v) is 1.80. The van der Waals surface area contributed by atoms with Gasteiger partial charge in [0.15, 0.2) is 0 Å². The van der Waals surface area contributed by atoms with Gasteiger partial charge in [-0.05, 0) is 35.4 Å². The molecule has 0 atom stereocenters. The summed E-state index contributed by atoms with van der Waals surface area (Å²) in [5.74, 6) is -0.408. The lowest BCUT2D eigenvalue weighted by molar-refractivity contribution is 0.1000. The van der Waals surface area contributed by atoms with Crippen molar-refractivity contribution in [3.63, 3.8) is 0 Å². The van der Waals surface area contributed by atoms with Gasteiger partial charge in [0.2, 0.25) is 5.91 Å². The second-order valence-corrected chi connectivity index (χ2v) is 4.32. The van der Waals surface area contributed by atoms with E-state index in [1.54, 1.807) is 12.1 Å². The Morgan fingerprint density at radius 2 is 1.79 bits per heavy atom. The molecule has 98 valence electrons. The number of primary amides is 1. The quantitative estimate of drug-likeness (QED) is 0.762. The summed E-state index contributed by atoms with van der Waals surface area (Å²) in [5.41, 5.74) is 14.4. The van der Waals surface area contributed by atoms with Gasteiger partial charge in [0.1, 0.15) is 0 Å². The van der Waals surface area contributed by atoms with Crippen molar-refractivity contribution < 1.29 is 4.79 Å². The Morgan fingerprint density at radius 1 is 1.05 bits per heavy atom. The van der Waals surface area contributed by atoms with Crippen LogP contribution in [0, 0.1) is 0 Å². The molecule has 5 N–H and O–H groups in total. The first kappa shape index (κ1) is 13.1. The van der Waals surface area contributed by atoms with E-state index in [0.717, 1.165) is 16.8 Å². The maximum Gasteiger partial charge on any atom is 0.248 e. The lowest BCUT2D eigenvalue weighted by atomic mass is 10.1. The molecule has 0 aliphatic heterocycles. The molecule has 0 spiro atoms. The second kappa shape index (κ2) is 6.02. The third-order valence-electron chi connectivity index (χ3n) is 2.90. The fourth-order valence-electron chi connectivity index (χ4n) is 1.80. The molecular formula is C15H17N3O. The summed E-state index contributed by atoms with van der Waals surface area (Å²) in [6.07, 6.45) is 0. The largest absolute Gasteiger partial charge is 0.381 e. The Morgan fingerprint density at radius 3 is 2.42 bits per heavy atom. The monoisotopic (exact) mass is 255 g/mol. The Labute approximate surface area is 112 Å². The van der Waals surface area contributed by atoms with Gasteiger partial charge >= 0.3 is 0 Å². The van der Waals surface area contributed by atoms with Crippen molar-refractivity contribution in [3.8, 4) is 0 Å². The molecule has 0 radical (unpaired) electrons. The van der Waals surface area contributed by atoms with E-state index in [-0.39, 0.29) is 0 Å². The van der Waals surface area contributed by atoms with Crippen molar-refractivity contribution in [2.24, 2.45) is 11.5 Å². The maximum atomic E-state index is 11.1. The van der Waals surface area contributed by atoms with Gasteiger partial charge in [0.25, 0.3) is 0 Å². The second-order valence-electron chi connectivity index (χ2n) is 4.32. The molecule has 19 heavy (non-hydrogen) atoms. The molecule has 0 aromatic heterocycles. The number of amides is 1. The van der Waals surface area contributed by atoms with Gasteiger partial charge < -0.3 is 16.8 Å². The molecular weight excluding hydrogens is 238 g/mol. The number of hydrogen-bond acceptors (Lipinski definition) is 3. The number of hydrogen-bond donors (Lipinski definition) is 3. The summed E-state index contributed by atoms with van der Waals surface area (Å²) >= 11 is 0. The molecule has 0 aliphatic rings. The van der Waals surface area contributed by atoms with Crippen molar-refractivity contribution in [1.29, 1.82) is 0 Å². The highest BCUT2D eigenvalue weighted by molar-refractivity contribution is 5.92. The van der Waals surface area contributed by atoms with Crippen LogP contribution in [0.25, 0.3) is 0 Å². The number of nitrogens with two attached hydrogens (primary N) is 2. The standard InChI is InChI=1S/C15H17N3O/c16-9-11-4-6-14(7-5-11)18-10-12-2-1-3-13(8-12)15(17)19/h1-8,18H,9-10,16H2,(H2,17,19). The average Bonchev–Trinajstić information content (AvgIpc) is 2.46. The zero-order valence-electron chi connectivity index (χ0n) is 10.6. The zero-order valence-corrected chi connectivity index (χ0v) is 10.6. The number of anilines is 1. The molecule has 0 saturated carbocycles. The van der Waals surface area contributed by atoms with Crippen molar-refractivity contribution in [3.05, 3.63) is 65.2 Å². The van der Waals surface area contributed by atoms with Crippen LogP contribution in [0.1, 0.15) is 21.5 Å². The van der Waals surface area contributed by atoms with Crippen LogP contribution >= 0.6 is 0 Å². The van der Waals surface area contributed by atoms with Crippen LogP contribution < -0.4 is 16.8 Å². The van der Waals surface area contributed by atoms with Crippen LogP contribution in [0.15, 0.2) is 48.5 Å². The number of carbonyl (C=O) groups is 1. The minimum absolute atomic E-state index is 0.408. The van der Waals surface area contributed by atoms with Crippen molar-refractivity contribution >= 4 is 11.6 Å². The van der Waals surface area contributed by atoms with Gasteiger partial charge in [-0.2, -0.15) is 0 Å². The van der Waals surface area contributed by atoms with Gasteiger partial charge in [0, 0.05) is 24.3 Å². The van der Waals surface area contributed by atoms with Crippen LogP contribution in [-0.2, 0) is 13.1 Å². The third kappa shape index (κ3) is 3.56. The fraction of sp³-hybridized carbons (Fsp3) is 0.133. The van der Waals surface area contributed by atoms with E-state index in [2.05, 4.69) is 5.32 Å². The summed E-state index contributed by atoms with van der Waals surface area (Å²) in [4.78, 5) is 11.1. The highest BCUT2D eigenvalue weighted by atomic mass is 16.1. The van der Waals surface area contributed by atoms with Gasteiger partial charge in [0.05, 0.1) is 0 Å². The SMILES string of the molecule is NCc1ccc(NCc2cccc(C(N)=O)c2)cc1. The Bertz CT molecular complexity index is 564. The molecule has 0 heterocycles. The molecule has 2 aromatic carbocycles. The van der Waals surface area contributed by atoms with Crippen LogP contribution in [0.4, 0.5) is 5.69 Å². The topological polar surface area (TPSA) is 81.1 Å². The number of carbonyl (C=O) groups excluding carboxylic acids is 1.